The molecule has 2 aromatic carbocycles. The lowest BCUT2D eigenvalue weighted by Crippen LogP contribution is -2.47. The molecule has 1 aliphatic carbocycles. The summed E-state index contributed by atoms with van der Waals surface area (Å²) in [5, 5.41) is 16.4. The number of pyridine rings is 1. The second kappa shape index (κ2) is 8.82. The van der Waals surface area contributed by atoms with E-state index in [1.807, 2.05) is 25.1 Å². The number of carbonyl (C=O) groups excluding carboxylic acids is 2. The normalized spacial score (nSPS) is 20.5. The smallest absolute Gasteiger partial charge is 0.410 e. The zero-order valence-corrected chi connectivity index (χ0v) is 21.2. The van der Waals surface area contributed by atoms with E-state index in [1.54, 1.807) is 16.4 Å². The van der Waals surface area contributed by atoms with Crippen molar-refractivity contribution in [1.29, 1.82) is 0 Å². The fraction of sp³-hybridized carbons (Fsp3) is 0.414. The van der Waals surface area contributed by atoms with Crippen LogP contribution in [0.15, 0.2) is 35.1 Å². The highest BCUT2D eigenvalue weighted by Gasteiger charge is 2.43. The van der Waals surface area contributed by atoms with Gasteiger partial charge in [0.1, 0.15) is 11.4 Å². The molecule has 3 aromatic rings. The SMILES string of the molecule is CCc1c(OC(=O)N2CCNCC2)ccc2cc3c(cc12)Cn1c-3cc2c(c1=O)CCC(=O)[C@]2(O)CC. The van der Waals surface area contributed by atoms with E-state index in [4.69, 9.17) is 4.74 Å². The Morgan fingerprint density at radius 2 is 1.89 bits per heavy atom. The maximum absolute atomic E-state index is 13.5. The molecular weight excluding hydrogens is 470 g/mol. The summed E-state index contributed by atoms with van der Waals surface area (Å²) in [6.45, 7) is 7.01. The van der Waals surface area contributed by atoms with Crippen LogP contribution >= 0.6 is 0 Å². The Morgan fingerprint density at radius 1 is 1.11 bits per heavy atom. The van der Waals surface area contributed by atoms with E-state index < -0.39 is 5.60 Å². The Kier molecular flexibility index (Phi) is 5.69. The van der Waals surface area contributed by atoms with Crippen LogP contribution in [0, 0.1) is 0 Å². The minimum atomic E-state index is -1.61. The highest BCUT2D eigenvalue weighted by Crippen LogP contribution is 2.41. The topological polar surface area (TPSA) is 101 Å². The summed E-state index contributed by atoms with van der Waals surface area (Å²) in [6, 6.07) is 9.79. The van der Waals surface area contributed by atoms with Gasteiger partial charge in [0.25, 0.3) is 5.56 Å². The first kappa shape index (κ1) is 23.9. The van der Waals surface area contributed by atoms with Crippen LogP contribution in [0.1, 0.15) is 48.9 Å². The summed E-state index contributed by atoms with van der Waals surface area (Å²) in [6.07, 6.45) is 1.13. The van der Waals surface area contributed by atoms with E-state index in [2.05, 4.69) is 17.4 Å². The molecule has 3 aliphatic rings. The van der Waals surface area contributed by atoms with Crippen LogP contribution in [0.2, 0.25) is 0 Å². The molecule has 8 heteroatoms. The van der Waals surface area contributed by atoms with Gasteiger partial charge in [0.15, 0.2) is 5.78 Å². The van der Waals surface area contributed by atoms with Crippen LogP contribution in [0.25, 0.3) is 22.0 Å². The average Bonchev–Trinajstić information content (AvgIpc) is 3.28. The fourth-order valence-electron chi connectivity index (χ4n) is 6.13. The highest BCUT2D eigenvalue weighted by atomic mass is 16.6. The number of aromatic nitrogens is 1. The quantitative estimate of drug-likeness (QED) is 0.448. The number of benzene rings is 2. The molecule has 0 saturated carbocycles. The third-order valence-electron chi connectivity index (χ3n) is 8.26. The highest BCUT2D eigenvalue weighted by molar-refractivity contribution is 5.95. The van der Waals surface area contributed by atoms with Crippen LogP contribution < -0.4 is 15.6 Å². The number of fused-ring (bicyclic) bond motifs is 5. The lowest BCUT2D eigenvalue weighted by Gasteiger charge is -2.32. The number of rotatable bonds is 3. The van der Waals surface area contributed by atoms with Gasteiger partial charge < -0.3 is 24.6 Å². The van der Waals surface area contributed by atoms with Gasteiger partial charge in [0.05, 0.1) is 12.2 Å². The first-order chi connectivity index (χ1) is 17.9. The van der Waals surface area contributed by atoms with Crippen molar-refractivity contribution in [2.45, 2.75) is 51.7 Å². The standard InChI is InChI=1S/C29H31N3O5/c1-3-19-21-14-18-16-32-24(15-23-20(27(32)34)6-8-26(33)29(23,36)4-2)22(18)13-17(21)5-7-25(19)37-28(35)31-11-9-30-10-12-31/h5,7,13-15,30,36H,3-4,6,8-12,16H2,1-2H3/t29-/m0/s1. The number of nitrogens with one attached hydrogen (secondary N) is 1. The molecular formula is C29H31N3O5. The van der Waals surface area contributed by atoms with E-state index in [9.17, 15) is 19.5 Å². The van der Waals surface area contributed by atoms with Gasteiger partial charge in [-0.25, -0.2) is 4.79 Å². The van der Waals surface area contributed by atoms with Gasteiger partial charge in [-0.3, -0.25) is 9.59 Å². The van der Waals surface area contributed by atoms with Gasteiger partial charge in [0, 0.05) is 54.9 Å². The van der Waals surface area contributed by atoms with Crippen molar-refractivity contribution >= 4 is 22.6 Å². The van der Waals surface area contributed by atoms with Crippen molar-refractivity contribution in [2.75, 3.05) is 26.2 Å². The van der Waals surface area contributed by atoms with Crippen LogP contribution in [0.3, 0.4) is 0 Å². The number of Topliss-reactive ketones (excluding diaryl/α,β-unsaturated/α-hetero) is 1. The Bertz CT molecular complexity index is 1520. The number of ether oxygens (including phenoxy) is 1. The molecule has 0 bridgehead atoms. The van der Waals surface area contributed by atoms with Gasteiger partial charge in [0.2, 0.25) is 0 Å². The molecule has 1 atom stereocenters. The number of piperazine rings is 1. The molecule has 2 N–H and O–H groups in total. The minimum Gasteiger partial charge on any atom is -0.410 e. The van der Waals surface area contributed by atoms with Gasteiger partial charge >= 0.3 is 6.09 Å². The van der Waals surface area contributed by atoms with E-state index in [0.29, 0.717) is 49.4 Å². The summed E-state index contributed by atoms with van der Waals surface area (Å²) < 4.78 is 7.60. The predicted molar refractivity (Wildman–Crippen MR) is 140 cm³/mol. The monoisotopic (exact) mass is 501 g/mol. The molecule has 3 heterocycles. The van der Waals surface area contributed by atoms with Gasteiger partial charge in [-0.1, -0.05) is 19.9 Å². The molecule has 1 saturated heterocycles. The van der Waals surface area contributed by atoms with E-state index >= 15 is 0 Å². The number of nitrogens with zero attached hydrogens (tertiary/aromatic N) is 2. The number of hydrogen-bond acceptors (Lipinski definition) is 6. The number of carbonyl (C=O) groups is 2. The first-order valence-corrected chi connectivity index (χ1v) is 13.1. The molecule has 0 spiro atoms. The zero-order chi connectivity index (χ0) is 25.9. The molecule has 2 aliphatic heterocycles. The van der Waals surface area contributed by atoms with Crippen molar-refractivity contribution in [3.05, 3.63) is 62.9 Å². The Hall–Kier alpha value is -3.49. The number of hydrogen-bond donors (Lipinski definition) is 2. The minimum absolute atomic E-state index is 0.131. The van der Waals surface area contributed by atoms with Gasteiger partial charge in [-0.05, 0) is 59.9 Å². The number of aryl methyl sites for hydroxylation is 1. The van der Waals surface area contributed by atoms with Gasteiger partial charge in [-0.2, -0.15) is 0 Å². The largest absolute Gasteiger partial charge is 0.415 e. The Labute approximate surface area is 214 Å². The van der Waals surface area contributed by atoms with Crippen LogP contribution in [-0.2, 0) is 29.8 Å². The maximum atomic E-state index is 13.5. The lowest BCUT2D eigenvalue weighted by atomic mass is 9.76. The summed E-state index contributed by atoms with van der Waals surface area (Å²) in [7, 11) is 0. The molecule has 1 fully saturated rings. The van der Waals surface area contributed by atoms with E-state index in [0.717, 1.165) is 46.2 Å². The number of amides is 1. The predicted octanol–water partition coefficient (Wildman–Crippen LogP) is 3.11. The Balaban J connectivity index is 1.43. The number of ketones is 1. The summed E-state index contributed by atoms with van der Waals surface area (Å²) >= 11 is 0. The van der Waals surface area contributed by atoms with Crippen molar-refractivity contribution < 1.29 is 19.4 Å². The van der Waals surface area contributed by atoms with E-state index in [-0.39, 0.29) is 30.3 Å². The Morgan fingerprint density at radius 3 is 2.62 bits per heavy atom. The molecule has 1 aromatic heterocycles. The molecule has 6 rings (SSSR count). The molecule has 1 amide bonds. The van der Waals surface area contributed by atoms with Crippen LogP contribution in [0.4, 0.5) is 4.79 Å². The number of aliphatic hydroxyl groups is 1. The van der Waals surface area contributed by atoms with Crippen LogP contribution in [0.5, 0.6) is 5.75 Å². The molecule has 8 nitrogen and oxygen atoms in total. The average molecular weight is 502 g/mol. The second-order valence-electron chi connectivity index (χ2n) is 10.2. The lowest BCUT2D eigenvalue weighted by molar-refractivity contribution is -0.140. The summed E-state index contributed by atoms with van der Waals surface area (Å²) in [5.41, 5.74) is 2.87. The fourth-order valence-corrected chi connectivity index (χ4v) is 6.13. The summed E-state index contributed by atoms with van der Waals surface area (Å²) in [4.78, 5) is 40.6. The van der Waals surface area contributed by atoms with Crippen molar-refractivity contribution in [1.82, 2.24) is 14.8 Å². The van der Waals surface area contributed by atoms with Crippen molar-refractivity contribution in [3.63, 3.8) is 0 Å². The van der Waals surface area contributed by atoms with Gasteiger partial charge in [-0.15, -0.1) is 0 Å². The van der Waals surface area contributed by atoms with E-state index in [1.165, 1.54) is 0 Å². The van der Waals surface area contributed by atoms with Crippen LogP contribution in [-0.4, -0.2) is 52.6 Å². The molecule has 0 radical (unpaired) electrons. The summed E-state index contributed by atoms with van der Waals surface area (Å²) in [5.74, 6) is 0.340. The van der Waals surface area contributed by atoms with Crippen molar-refractivity contribution in [2.24, 2.45) is 0 Å². The zero-order valence-electron chi connectivity index (χ0n) is 21.2. The molecule has 37 heavy (non-hydrogen) atoms. The third-order valence-corrected chi connectivity index (χ3v) is 8.26. The second-order valence-corrected chi connectivity index (χ2v) is 10.2. The third kappa shape index (κ3) is 3.61. The maximum Gasteiger partial charge on any atom is 0.415 e. The molecule has 0 unspecified atom stereocenters. The first-order valence-electron chi connectivity index (χ1n) is 13.1. The molecule has 192 valence electrons. The van der Waals surface area contributed by atoms with Crippen molar-refractivity contribution in [3.8, 4) is 17.0 Å².